The Bertz CT molecular complexity index is 323. The molecule has 1 heterocycles. The van der Waals surface area contributed by atoms with E-state index < -0.39 is 5.97 Å². The summed E-state index contributed by atoms with van der Waals surface area (Å²) in [6.07, 6.45) is 3.14. The Morgan fingerprint density at radius 2 is 2.05 bits per heavy atom. The van der Waals surface area contributed by atoms with Crippen molar-refractivity contribution in [2.45, 2.75) is 44.8 Å². The molecule has 1 atom stereocenters. The van der Waals surface area contributed by atoms with Gasteiger partial charge in [-0.2, -0.15) is 0 Å². The number of urea groups is 1. The van der Waals surface area contributed by atoms with Crippen LogP contribution in [0.2, 0.25) is 0 Å². The van der Waals surface area contributed by atoms with Crippen LogP contribution in [-0.4, -0.2) is 67.6 Å². The number of aliphatic carboxylic acids is 1. The first-order valence-corrected chi connectivity index (χ1v) is 7.44. The van der Waals surface area contributed by atoms with Crippen molar-refractivity contribution in [3.8, 4) is 0 Å². The maximum Gasteiger partial charge on any atom is 0.329 e. The SMILES string of the molecule is CCCC(COC)NC(=O)N1CCC(OCC(=O)O)CC1. The average Bonchev–Trinajstić information content (AvgIpc) is 2.46. The summed E-state index contributed by atoms with van der Waals surface area (Å²) in [5.74, 6) is -0.961. The van der Waals surface area contributed by atoms with E-state index in [1.807, 2.05) is 0 Å². The van der Waals surface area contributed by atoms with E-state index in [0.717, 1.165) is 12.8 Å². The van der Waals surface area contributed by atoms with Crippen molar-refractivity contribution in [2.75, 3.05) is 33.4 Å². The lowest BCUT2D eigenvalue weighted by atomic mass is 10.1. The zero-order valence-electron chi connectivity index (χ0n) is 12.8. The minimum atomic E-state index is -0.961. The van der Waals surface area contributed by atoms with Gasteiger partial charge >= 0.3 is 12.0 Å². The van der Waals surface area contributed by atoms with Crippen LogP contribution in [0.4, 0.5) is 4.79 Å². The van der Waals surface area contributed by atoms with Gasteiger partial charge in [0.1, 0.15) is 6.61 Å². The molecule has 2 N–H and O–H groups in total. The predicted molar refractivity (Wildman–Crippen MR) is 77.3 cm³/mol. The van der Waals surface area contributed by atoms with Crippen molar-refractivity contribution in [1.29, 1.82) is 0 Å². The molecule has 0 spiro atoms. The van der Waals surface area contributed by atoms with E-state index in [0.29, 0.717) is 32.5 Å². The van der Waals surface area contributed by atoms with Crippen molar-refractivity contribution >= 4 is 12.0 Å². The van der Waals surface area contributed by atoms with Crippen molar-refractivity contribution in [3.05, 3.63) is 0 Å². The van der Waals surface area contributed by atoms with E-state index in [1.165, 1.54) is 0 Å². The van der Waals surface area contributed by atoms with Gasteiger partial charge < -0.3 is 24.8 Å². The summed E-state index contributed by atoms with van der Waals surface area (Å²) in [5.41, 5.74) is 0. The number of carboxylic acid groups (broad SMARTS) is 1. The van der Waals surface area contributed by atoms with E-state index in [4.69, 9.17) is 14.6 Å². The van der Waals surface area contributed by atoms with Gasteiger partial charge in [0, 0.05) is 20.2 Å². The van der Waals surface area contributed by atoms with Crippen molar-refractivity contribution in [1.82, 2.24) is 10.2 Å². The Hall–Kier alpha value is -1.34. The van der Waals surface area contributed by atoms with E-state index in [-0.39, 0.29) is 24.8 Å². The molecule has 1 fully saturated rings. The normalized spacial score (nSPS) is 17.5. The second-order valence-electron chi connectivity index (χ2n) is 5.28. The van der Waals surface area contributed by atoms with Gasteiger partial charge in [-0.05, 0) is 19.3 Å². The molecule has 1 aliphatic heterocycles. The zero-order chi connectivity index (χ0) is 15.7. The highest BCUT2D eigenvalue weighted by molar-refractivity contribution is 5.74. The van der Waals surface area contributed by atoms with Crippen molar-refractivity contribution in [3.63, 3.8) is 0 Å². The predicted octanol–water partition coefficient (Wildman–Crippen LogP) is 1.08. The molecule has 1 saturated heterocycles. The molecule has 7 heteroatoms. The fraction of sp³-hybridized carbons (Fsp3) is 0.857. The van der Waals surface area contributed by atoms with Gasteiger partial charge in [0.15, 0.2) is 0 Å². The minimum Gasteiger partial charge on any atom is -0.480 e. The summed E-state index contributed by atoms with van der Waals surface area (Å²) in [7, 11) is 1.63. The maximum atomic E-state index is 12.2. The highest BCUT2D eigenvalue weighted by atomic mass is 16.5. The number of carbonyl (C=O) groups excluding carboxylic acids is 1. The summed E-state index contributed by atoms with van der Waals surface area (Å²) in [6, 6.07) is -0.0457. The van der Waals surface area contributed by atoms with Crippen LogP contribution in [0, 0.1) is 0 Å². The zero-order valence-corrected chi connectivity index (χ0v) is 12.8. The number of nitrogens with one attached hydrogen (secondary N) is 1. The molecule has 0 saturated carbocycles. The molecule has 1 rings (SSSR count). The first-order valence-electron chi connectivity index (χ1n) is 7.44. The maximum absolute atomic E-state index is 12.2. The van der Waals surface area contributed by atoms with E-state index in [1.54, 1.807) is 12.0 Å². The van der Waals surface area contributed by atoms with E-state index in [9.17, 15) is 9.59 Å². The van der Waals surface area contributed by atoms with E-state index >= 15 is 0 Å². The van der Waals surface area contributed by atoms with Gasteiger partial charge in [0.2, 0.25) is 0 Å². The van der Waals surface area contributed by atoms with Crippen LogP contribution in [-0.2, 0) is 14.3 Å². The first-order chi connectivity index (χ1) is 10.1. The largest absolute Gasteiger partial charge is 0.480 e. The van der Waals surface area contributed by atoms with Crippen LogP contribution < -0.4 is 5.32 Å². The first kappa shape index (κ1) is 17.7. The smallest absolute Gasteiger partial charge is 0.329 e. The van der Waals surface area contributed by atoms with E-state index in [2.05, 4.69) is 12.2 Å². The Morgan fingerprint density at radius 3 is 2.57 bits per heavy atom. The number of carboxylic acids is 1. The number of piperidine rings is 1. The molecule has 0 bridgehead atoms. The standard InChI is InChI=1S/C14H26N2O5/c1-3-4-11(9-20-2)15-14(19)16-7-5-12(6-8-16)21-10-13(17)18/h11-12H,3-10H2,1-2H3,(H,15,19)(H,17,18). The summed E-state index contributed by atoms with van der Waals surface area (Å²) in [4.78, 5) is 24.4. The van der Waals surface area contributed by atoms with Gasteiger partial charge in [-0.3, -0.25) is 0 Å². The molecular weight excluding hydrogens is 276 g/mol. The Balaban J connectivity index is 2.31. The number of likely N-dealkylation sites (tertiary alicyclic amines) is 1. The number of carbonyl (C=O) groups is 2. The van der Waals surface area contributed by atoms with Crippen LogP contribution in [0.5, 0.6) is 0 Å². The molecule has 0 aromatic heterocycles. The Kier molecular flexibility index (Phi) is 8.07. The molecule has 0 radical (unpaired) electrons. The van der Waals surface area contributed by atoms with Crippen LogP contribution in [0.15, 0.2) is 0 Å². The lowest BCUT2D eigenvalue weighted by Gasteiger charge is -2.32. The number of hydrogen-bond acceptors (Lipinski definition) is 4. The fourth-order valence-corrected chi connectivity index (χ4v) is 2.43. The lowest BCUT2D eigenvalue weighted by Crippen LogP contribution is -2.50. The number of ether oxygens (including phenoxy) is 2. The van der Waals surface area contributed by atoms with Crippen LogP contribution in [0.3, 0.4) is 0 Å². The molecular formula is C14H26N2O5. The third-order valence-corrected chi connectivity index (χ3v) is 3.50. The summed E-state index contributed by atoms with van der Waals surface area (Å²) in [5, 5.41) is 11.6. The van der Waals surface area contributed by atoms with Crippen LogP contribution >= 0.6 is 0 Å². The molecule has 122 valence electrons. The summed E-state index contributed by atoms with van der Waals surface area (Å²) >= 11 is 0. The minimum absolute atomic E-state index is 0.0356. The fourth-order valence-electron chi connectivity index (χ4n) is 2.43. The number of nitrogens with zero attached hydrogens (tertiary/aromatic N) is 1. The summed E-state index contributed by atoms with van der Waals surface area (Å²) < 4.78 is 10.4. The van der Waals surface area contributed by atoms with Gasteiger partial charge in [0.05, 0.1) is 18.8 Å². The number of amides is 2. The number of methoxy groups -OCH3 is 1. The molecule has 21 heavy (non-hydrogen) atoms. The highest BCUT2D eigenvalue weighted by Crippen LogP contribution is 2.14. The quantitative estimate of drug-likeness (QED) is 0.700. The number of rotatable bonds is 8. The monoisotopic (exact) mass is 302 g/mol. The average molecular weight is 302 g/mol. The van der Waals surface area contributed by atoms with Gasteiger partial charge in [-0.25, -0.2) is 9.59 Å². The Labute approximate surface area is 125 Å². The van der Waals surface area contributed by atoms with Crippen molar-refractivity contribution in [2.24, 2.45) is 0 Å². The molecule has 1 unspecified atom stereocenters. The van der Waals surface area contributed by atoms with Crippen molar-refractivity contribution < 1.29 is 24.2 Å². The Morgan fingerprint density at radius 1 is 1.38 bits per heavy atom. The third kappa shape index (κ3) is 6.77. The van der Waals surface area contributed by atoms with Gasteiger partial charge in [0.25, 0.3) is 0 Å². The topological polar surface area (TPSA) is 88.1 Å². The molecule has 0 aromatic carbocycles. The molecule has 0 aliphatic carbocycles. The summed E-state index contributed by atoms with van der Waals surface area (Å²) in [6.45, 7) is 3.48. The molecule has 0 aromatic rings. The second-order valence-corrected chi connectivity index (χ2v) is 5.28. The van der Waals surface area contributed by atoms with Gasteiger partial charge in [-0.1, -0.05) is 13.3 Å². The molecule has 2 amide bonds. The highest BCUT2D eigenvalue weighted by Gasteiger charge is 2.24. The number of hydrogen-bond donors (Lipinski definition) is 2. The second kappa shape index (κ2) is 9.57. The molecule has 1 aliphatic rings. The third-order valence-electron chi connectivity index (χ3n) is 3.50. The molecule has 7 nitrogen and oxygen atoms in total. The van der Waals surface area contributed by atoms with Crippen LogP contribution in [0.1, 0.15) is 32.6 Å². The lowest BCUT2D eigenvalue weighted by molar-refractivity contribution is -0.145. The van der Waals surface area contributed by atoms with Gasteiger partial charge in [-0.15, -0.1) is 0 Å². The van der Waals surface area contributed by atoms with Crippen LogP contribution in [0.25, 0.3) is 0 Å².